The topological polar surface area (TPSA) is 12.0 Å². The summed E-state index contributed by atoms with van der Waals surface area (Å²) in [6.45, 7) is 9.02. The molecule has 2 unspecified atom stereocenters. The van der Waals surface area contributed by atoms with Crippen LogP contribution in [0.1, 0.15) is 44.2 Å². The van der Waals surface area contributed by atoms with Gasteiger partial charge < -0.3 is 5.32 Å². The Morgan fingerprint density at radius 2 is 1.88 bits per heavy atom. The summed E-state index contributed by atoms with van der Waals surface area (Å²) in [5, 5.41) is 3.54. The van der Waals surface area contributed by atoms with E-state index in [1.54, 1.807) is 0 Å². The maximum absolute atomic E-state index is 3.54. The summed E-state index contributed by atoms with van der Waals surface area (Å²) in [5.41, 5.74) is 2.83. The first-order valence-corrected chi connectivity index (χ1v) is 6.46. The van der Waals surface area contributed by atoms with E-state index in [1.807, 2.05) is 0 Å². The minimum atomic E-state index is 0.634. The van der Waals surface area contributed by atoms with Gasteiger partial charge in [0, 0.05) is 6.54 Å². The molecule has 1 aromatic carbocycles. The fraction of sp³-hybridized carbons (Fsp3) is 0.600. The van der Waals surface area contributed by atoms with E-state index in [0.29, 0.717) is 5.92 Å². The molecule has 2 atom stereocenters. The highest BCUT2D eigenvalue weighted by Crippen LogP contribution is 2.36. The molecule has 1 heteroatoms. The molecule has 2 rings (SSSR count). The van der Waals surface area contributed by atoms with Crippen molar-refractivity contribution in [2.24, 2.45) is 11.8 Å². The summed E-state index contributed by atoms with van der Waals surface area (Å²) in [7, 11) is 0. The van der Waals surface area contributed by atoms with Gasteiger partial charge in [-0.3, -0.25) is 0 Å². The van der Waals surface area contributed by atoms with Crippen LogP contribution in [0.4, 0.5) is 0 Å². The molecule has 1 aliphatic rings. The summed E-state index contributed by atoms with van der Waals surface area (Å²) in [4.78, 5) is 0. The van der Waals surface area contributed by atoms with Gasteiger partial charge in [0.1, 0.15) is 0 Å². The number of nitrogens with one attached hydrogen (secondary N) is 1. The van der Waals surface area contributed by atoms with Crippen LogP contribution in [0.3, 0.4) is 0 Å². The maximum atomic E-state index is 3.54. The van der Waals surface area contributed by atoms with E-state index in [1.165, 1.54) is 24.1 Å². The number of rotatable bonds is 5. The summed E-state index contributed by atoms with van der Waals surface area (Å²) < 4.78 is 0. The lowest BCUT2D eigenvalue weighted by atomic mass is 10.0. The third-order valence-corrected chi connectivity index (χ3v) is 3.66. The highest BCUT2D eigenvalue weighted by Gasteiger charge is 2.31. The van der Waals surface area contributed by atoms with E-state index in [4.69, 9.17) is 0 Å². The molecule has 1 fully saturated rings. The van der Waals surface area contributed by atoms with Crippen LogP contribution in [0.25, 0.3) is 0 Å². The van der Waals surface area contributed by atoms with Gasteiger partial charge in [-0.25, -0.2) is 0 Å². The summed E-state index contributed by atoms with van der Waals surface area (Å²) in [5.74, 6) is 2.53. The van der Waals surface area contributed by atoms with Gasteiger partial charge >= 0.3 is 0 Å². The first kappa shape index (κ1) is 11.7. The Bertz CT molecular complexity index is 326. The molecular weight excluding hydrogens is 194 g/mol. The maximum Gasteiger partial charge on any atom is 0.0205 e. The zero-order chi connectivity index (χ0) is 11.5. The Labute approximate surface area is 99.3 Å². The predicted octanol–water partition coefficient (Wildman–Crippen LogP) is 3.56. The van der Waals surface area contributed by atoms with E-state index in [9.17, 15) is 0 Å². The van der Waals surface area contributed by atoms with Crippen LogP contribution >= 0.6 is 0 Å². The van der Waals surface area contributed by atoms with Gasteiger partial charge in [-0.2, -0.15) is 0 Å². The molecule has 1 N–H and O–H groups in total. The zero-order valence-electron chi connectivity index (χ0n) is 10.7. The first-order chi connectivity index (χ1) is 7.66. The van der Waals surface area contributed by atoms with Gasteiger partial charge in [0.2, 0.25) is 0 Å². The molecule has 1 aromatic rings. The van der Waals surface area contributed by atoms with Gasteiger partial charge in [-0.05, 0) is 41.8 Å². The first-order valence-electron chi connectivity index (χ1n) is 6.46. The average molecular weight is 217 g/mol. The van der Waals surface area contributed by atoms with Crippen molar-refractivity contribution >= 4 is 0 Å². The summed E-state index contributed by atoms with van der Waals surface area (Å²) in [6.07, 6.45) is 1.42. The van der Waals surface area contributed by atoms with Gasteiger partial charge in [0.15, 0.2) is 0 Å². The van der Waals surface area contributed by atoms with E-state index < -0.39 is 0 Å². The highest BCUT2D eigenvalue weighted by atomic mass is 14.9. The largest absolute Gasteiger partial charge is 0.312 e. The van der Waals surface area contributed by atoms with Crippen LogP contribution in [0.15, 0.2) is 24.3 Å². The number of hydrogen-bond acceptors (Lipinski definition) is 1. The molecule has 0 aliphatic heterocycles. The molecule has 0 heterocycles. The van der Waals surface area contributed by atoms with Gasteiger partial charge in [0.05, 0.1) is 0 Å². The minimum Gasteiger partial charge on any atom is -0.312 e. The quantitative estimate of drug-likeness (QED) is 0.795. The Hall–Kier alpha value is -0.820. The molecule has 1 saturated carbocycles. The molecule has 0 aromatic heterocycles. The van der Waals surface area contributed by atoms with Crippen molar-refractivity contribution in [2.75, 3.05) is 6.54 Å². The molecule has 0 amide bonds. The SMILES string of the molecule is CC(C)c1ccc(CNCC2CC2C)cc1. The third kappa shape index (κ3) is 3.08. The van der Waals surface area contributed by atoms with Gasteiger partial charge in [-0.15, -0.1) is 0 Å². The lowest BCUT2D eigenvalue weighted by molar-refractivity contribution is 0.612. The second kappa shape index (κ2) is 5.01. The third-order valence-electron chi connectivity index (χ3n) is 3.66. The molecule has 1 aliphatic carbocycles. The van der Waals surface area contributed by atoms with Gasteiger partial charge in [-0.1, -0.05) is 45.0 Å². The summed E-state index contributed by atoms with van der Waals surface area (Å²) >= 11 is 0. The molecule has 88 valence electrons. The lowest BCUT2D eigenvalue weighted by Gasteiger charge is -2.07. The van der Waals surface area contributed by atoms with Crippen LogP contribution in [-0.4, -0.2) is 6.54 Å². The van der Waals surface area contributed by atoms with Gasteiger partial charge in [0.25, 0.3) is 0 Å². The minimum absolute atomic E-state index is 0.634. The van der Waals surface area contributed by atoms with E-state index in [2.05, 4.69) is 50.4 Å². The molecule has 0 saturated heterocycles. The van der Waals surface area contributed by atoms with Crippen molar-refractivity contribution < 1.29 is 0 Å². The Kier molecular flexibility index (Phi) is 3.65. The second-order valence-electron chi connectivity index (χ2n) is 5.50. The fourth-order valence-electron chi connectivity index (χ4n) is 2.11. The zero-order valence-corrected chi connectivity index (χ0v) is 10.7. The van der Waals surface area contributed by atoms with E-state index in [-0.39, 0.29) is 0 Å². The smallest absolute Gasteiger partial charge is 0.0205 e. The van der Waals surface area contributed by atoms with Crippen LogP contribution in [-0.2, 0) is 6.54 Å². The van der Waals surface area contributed by atoms with E-state index in [0.717, 1.165) is 18.4 Å². The van der Waals surface area contributed by atoms with Crippen LogP contribution in [0.5, 0.6) is 0 Å². The van der Waals surface area contributed by atoms with Crippen molar-refractivity contribution in [2.45, 2.75) is 39.7 Å². The summed E-state index contributed by atoms with van der Waals surface area (Å²) in [6, 6.07) is 9.00. The predicted molar refractivity (Wildman–Crippen MR) is 69.5 cm³/mol. The average Bonchev–Trinajstić information content (AvgIpc) is 2.95. The van der Waals surface area contributed by atoms with Crippen molar-refractivity contribution in [1.29, 1.82) is 0 Å². The second-order valence-corrected chi connectivity index (χ2v) is 5.50. The molecular formula is C15H23N. The van der Waals surface area contributed by atoms with Crippen molar-refractivity contribution in [3.63, 3.8) is 0 Å². The monoisotopic (exact) mass is 217 g/mol. The molecule has 0 bridgehead atoms. The normalized spacial score (nSPS) is 23.8. The molecule has 16 heavy (non-hydrogen) atoms. The Morgan fingerprint density at radius 3 is 2.38 bits per heavy atom. The fourth-order valence-corrected chi connectivity index (χ4v) is 2.11. The standard InChI is InChI=1S/C15H23N/c1-11(2)14-6-4-13(5-7-14)9-16-10-15-8-12(15)3/h4-7,11-12,15-16H,8-10H2,1-3H3. The van der Waals surface area contributed by atoms with Crippen LogP contribution in [0, 0.1) is 11.8 Å². The lowest BCUT2D eigenvalue weighted by Crippen LogP contribution is -2.16. The Balaban J connectivity index is 1.76. The van der Waals surface area contributed by atoms with Crippen molar-refractivity contribution in [1.82, 2.24) is 5.32 Å². The molecule has 0 spiro atoms. The molecule has 0 radical (unpaired) electrons. The highest BCUT2D eigenvalue weighted by molar-refractivity contribution is 5.24. The molecule has 1 nitrogen and oxygen atoms in total. The number of hydrogen-bond donors (Lipinski definition) is 1. The van der Waals surface area contributed by atoms with Crippen LogP contribution in [0.2, 0.25) is 0 Å². The van der Waals surface area contributed by atoms with Crippen molar-refractivity contribution in [3.05, 3.63) is 35.4 Å². The van der Waals surface area contributed by atoms with Crippen molar-refractivity contribution in [3.8, 4) is 0 Å². The number of benzene rings is 1. The van der Waals surface area contributed by atoms with E-state index >= 15 is 0 Å². The van der Waals surface area contributed by atoms with Crippen LogP contribution < -0.4 is 5.32 Å². The Morgan fingerprint density at radius 1 is 1.25 bits per heavy atom.